The summed E-state index contributed by atoms with van der Waals surface area (Å²) in [6, 6.07) is 0. The molecule has 4 aliphatic carbocycles. The van der Waals surface area contributed by atoms with E-state index in [4.69, 9.17) is 4.84 Å². The van der Waals surface area contributed by atoms with Gasteiger partial charge >= 0.3 is 0 Å². The van der Waals surface area contributed by atoms with Crippen LogP contribution in [0.25, 0.3) is 0 Å². The molecule has 5 fully saturated rings. The van der Waals surface area contributed by atoms with Crippen molar-refractivity contribution < 1.29 is 9.63 Å². The second kappa shape index (κ2) is 6.68. The van der Waals surface area contributed by atoms with Gasteiger partial charge in [0.25, 0.3) is 0 Å². The van der Waals surface area contributed by atoms with E-state index in [0.717, 1.165) is 58.0 Å². The van der Waals surface area contributed by atoms with Gasteiger partial charge in [-0.25, -0.2) is 0 Å². The fourth-order valence-corrected chi connectivity index (χ4v) is 7.66. The number of fused-ring (bicyclic) bond motifs is 5. The molecule has 0 radical (unpaired) electrons. The van der Waals surface area contributed by atoms with Crippen molar-refractivity contribution in [3.05, 3.63) is 12.2 Å². The summed E-state index contributed by atoms with van der Waals surface area (Å²) in [5.74, 6) is 2.96. The lowest BCUT2D eigenvalue weighted by atomic mass is 9.44. The van der Waals surface area contributed by atoms with Crippen molar-refractivity contribution in [2.75, 3.05) is 13.1 Å². The molecule has 1 heterocycles. The maximum atomic E-state index is 12.6. The van der Waals surface area contributed by atoms with Crippen LogP contribution >= 0.6 is 0 Å². The van der Waals surface area contributed by atoms with Crippen molar-refractivity contribution >= 4 is 11.5 Å². The molecule has 4 heteroatoms. The Morgan fingerprint density at radius 2 is 1.96 bits per heavy atom. The molecule has 1 aliphatic heterocycles. The van der Waals surface area contributed by atoms with E-state index in [2.05, 4.69) is 30.9 Å². The summed E-state index contributed by atoms with van der Waals surface area (Å²) in [7, 11) is 0. The summed E-state index contributed by atoms with van der Waals surface area (Å²) in [5.41, 5.74) is 2.99. The molecule has 4 nitrogen and oxygen atoms in total. The first-order valence-electron chi connectivity index (χ1n) is 11.5. The number of ketones is 1. The Hall–Kier alpha value is -1.16. The average molecular weight is 385 g/mol. The molecule has 1 N–H and O–H groups in total. The third-order valence-electron chi connectivity index (χ3n) is 9.52. The van der Waals surface area contributed by atoms with E-state index in [1.54, 1.807) is 0 Å². The molecule has 154 valence electrons. The molecule has 0 bridgehead atoms. The highest BCUT2D eigenvalue weighted by atomic mass is 16.6. The van der Waals surface area contributed by atoms with Gasteiger partial charge in [0.1, 0.15) is 11.9 Å². The predicted octanol–water partition coefficient (Wildman–Crippen LogP) is 4.50. The van der Waals surface area contributed by atoms with Crippen LogP contribution in [0.1, 0.15) is 71.6 Å². The highest BCUT2D eigenvalue weighted by molar-refractivity contribution is 5.87. The highest BCUT2D eigenvalue weighted by Gasteiger charge is 2.61. The maximum Gasteiger partial charge on any atom is 0.141 e. The minimum Gasteiger partial charge on any atom is -0.391 e. The fraction of sp³-hybridized carbons (Fsp3) is 0.833. The number of Topliss-reactive ketones (excluding diaryl/α,β-unsaturated/α-hetero) is 1. The molecular weight excluding hydrogens is 348 g/mol. The van der Waals surface area contributed by atoms with Crippen LogP contribution in [0.4, 0.5) is 0 Å². The Bertz CT molecular complexity index is 709. The maximum absolute atomic E-state index is 12.6. The summed E-state index contributed by atoms with van der Waals surface area (Å²) in [6.07, 6.45) is 9.96. The van der Waals surface area contributed by atoms with Gasteiger partial charge in [-0.2, -0.15) is 0 Å². The largest absolute Gasteiger partial charge is 0.391 e. The normalized spacial score (nSPS) is 49.6. The van der Waals surface area contributed by atoms with Gasteiger partial charge in [0.2, 0.25) is 0 Å². The monoisotopic (exact) mass is 384 g/mol. The number of hydrogen-bond acceptors (Lipinski definition) is 4. The Kier molecular flexibility index (Phi) is 4.50. The highest BCUT2D eigenvalue weighted by Crippen LogP contribution is 2.66. The zero-order valence-corrected chi connectivity index (χ0v) is 17.6. The van der Waals surface area contributed by atoms with Crippen LogP contribution in [0.5, 0.6) is 0 Å². The molecule has 0 aromatic rings. The van der Waals surface area contributed by atoms with E-state index >= 15 is 0 Å². The number of carbonyl (C=O) groups is 1. The Morgan fingerprint density at radius 3 is 2.75 bits per heavy atom. The number of nitrogens with one attached hydrogen (secondary N) is 1. The molecule has 0 aromatic heterocycles. The molecule has 1 saturated heterocycles. The number of nitrogens with zero attached hydrogens (tertiary/aromatic N) is 1. The average Bonchev–Trinajstić information content (AvgIpc) is 3.29. The fourth-order valence-electron chi connectivity index (χ4n) is 7.66. The molecule has 4 saturated carbocycles. The van der Waals surface area contributed by atoms with Crippen LogP contribution in [-0.4, -0.2) is 30.7 Å². The second-order valence-electron chi connectivity index (χ2n) is 10.8. The van der Waals surface area contributed by atoms with Crippen LogP contribution in [0.15, 0.2) is 17.3 Å². The lowest BCUT2D eigenvalue weighted by Crippen LogP contribution is -2.54. The van der Waals surface area contributed by atoms with Crippen LogP contribution < -0.4 is 5.32 Å². The van der Waals surface area contributed by atoms with Gasteiger partial charge in [0, 0.05) is 24.8 Å². The van der Waals surface area contributed by atoms with Gasteiger partial charge < -0.3 is 10.2 Å². The molecule has 0 spiro atoms. The topological polar surface area (TPSA) is 50.7 Å². The smallest absolute Gasteiger partial charge is 0.141 e. The second-order valence-corrected chi connectivity index (χ2v) is 10.8. The van der Waals surface area contributed by atoms with E-state index in [9.17, 15) is 4.79 Å². The van der Waals surface area contributed by atoms with Crippen molar-refractivity contribution in [3.8, 4) is 0 Å². The molecule has 2 unspecified atom stereocenters. The minimum absolute atomic E-state index is 0.0717. The summed E-state index contributed by atoms with van der Waals surface area (Å²) in [4.78, 5) is 18.5. The number of rotatable bonds is 2. The summed E-state index contributed by atoms with van der Waals surface area (Å²) in [5, 5.41) is 7.94. The molecule has 5 aliphatic rings. The van der Waals surface area contributed by atoms with Crippen LogP contribution in [0.2, 0.25) is 0 Å². The van der Waals surface area contributed by atoms with Crippen molar-refractivity contribution in [1.29, 1.82) is 0 Å². The van der Waals surface area contributed by atoms with E-state index in [0.29, 0.717) is 34.9 Å². The Balaban J connectivity index is 1.35. The molecule has 28 heavy (non-hydrogen) atoms. The third-order valence-corrected chi connectivity index (χ3v) is 9.52. The third kappa shape index (κ3) is 2.74. The van der Waals surface area contributed by atoms with Gasteiger partial charge in [0.15, 0.2) is 0 Å². The minimum atomic E-state index is -0.0717. The van der Waals surface area contributed by atoms with E-state index in [-0.39, 0.29) is 11.5 Å². The first-order chi connectivity index (χ1) is 13.4. The Morgan fingerprint density at radius 1 is 1.11 bits per heavy atom. The lowest BCUT2D eigenvalue weighted by molar-refractivity contribution is -0.133. The van der Waals surface area contributed by atoms with Crippen LogP contribution in [0, 0.1) is 34.5 Å². The molecule has 0 amide bonds. The van der Waals surface area contributed by atoms with Gasteiger partial charge in [-0.05, 0) is 80.6 Å². The zero-order valence-electron chi connectivity index (χ0n) is 17.6. The zero-order chi connectivity index (χ0) is 19.5. The Labute approximate surface area is 169 Å². The van der Waals surface area contributed by atoms with Crippen molar-refractivity contribution in [2.24, 2.45) is 39.7 Å². The standard InChI is InChI=1S/C24H36N2O2/c1-15-12-16-13-17(26-28-18-8-11-25-14-18)6-9-23(16,2)20-7-10-24(3)19(22(15)20)4-5-21(24)27/h16,18-20,22,25H,1,4-14H2,2-3H3/t16?,18?,19-,20-,22-,23-,24-/m0/s1. The molecule has 0 aromatic carbocycles. The SMILES string of the molecule is C=C1CC2CC(=NOC3CCNC3)CC[C@]2(C)[C@H]2CC[C@]3(C)C(=O)CC[C@H]3[C@H]12. The van der Waals surface area contributed by atoms with E-state index in [1.165, 1.54) is 24.1 Å². The first kappa shape index (κ1) is 18.8. The van der Waals surface area contributed by atoms with Gasteiger partial charge in [0.05, 0.1) is 5.71 Å². The van der Waals surface area contributed by atoms with E-state index < -0.39 is 0 Å². The number of carbonyl (C=O) groups excluding carboxylic acids is 1. The van der Waals surface area contributed by atoms with Gasteiger partial charge in [-0.1, -0.05) is 31.2 Å². The van der Waals surface area contributed by atoms with Crippen molar-refractivity contribution in [3.63, 3.8) is 0 Å². The van der Waals surface area contributed by atoms with Crippen molar-refractivity contribution in [2.45, 2.75) is 77.7 Å². The summed E-state index contributed by atoms with van der Waals surface area (Å²) < 4.78 is 0. The quantitative estimate of drug-likeness (QED) is 0.563. The number of allylic oxidation sites excluding steroid dienone is 1. The van der Waals surface area contributed by atoms with E-state index in [1.807, 2.05) is 0 Å². The van der Waals surface area contributed by atoms with Crippen LogP contribution in [-0.2, 0) is 9.63 Å². The van der Waals surface area contributed by atoms with Gasteiger partial charge in [-0.15, -0.1) is 0 Å². The first-order valence-corrected chi connectivity index (χ1v) is 11.5. The summed E-state index contributed by atoms with van der Waals surface area (Å²) in [6.45, 7) is 11.3. The summed E-state index contributed by atoms with van der Waals surface area (Å²) >= 11 is 0. The van der Waals surface area contributed by atoms with Crippen LogP contribution in [0.3, 0.4) is 0 Å². The molecule has 5 rings (SSSR count). The molecule has 7 atom stereocenters. The lowest BCUT2D eigenvalue weighted by Gasteiger charge is -2.60. The predicted molar refractivity (Wildman–Crippen MR) is 111 cm³/mol. The van der Waals surface area contributed by atoms with Gasteiger partial charge in [-0.3, -0.25) is 4.79 Å². The number of oxime groups is 1. The molecular formula is C24H36N2O2. The van der Waals surface area contributed by atoms with Crippen molar-refractivity contribution in [1.82, 2.24) is 5.32 Å². The number of hydrogen-bond donors (Lipinski definition) is 1.